The van der Waals surface area contributed by atoms with E-state index < -0.39 is 25.2 Å². The smallest absolute Gasteiger partial charge is 0.311 e. The second-order valence-electron chi connectivity index (χ2n) is 16.4. The van der Waals surface area contributed by atoms with Crippen LogP contribution in [0, 0.1) is 47.3 Å². The molecular formula is C33H52N2O6Si3. The molecule has 0 radical (unpaired) electrons. The van der Waals surface area contributed by atoms with Gasteiger partial charge >= 0.3 is 8.56 Å². The van der Waals surface area contributed by atoms with Gasteiger partial charge in [0.2, 0.25) is 23.6 Å². The number of rotatable bonds is 13. The van der Waals surface area contributed by atoms with Crippen LogP contribution in [0.15, 0.2) is 23.3 Å². The number of unbranched alkanes of at least 4 members (excludes halogenated alkanes) is 1. The number of fused-ring (bicyclic) bond motifs is 10. The Morgan fingerprint density at radius 3 is 1.59 bits per heavy atom. The first-order valence-electron chi connectivity index (χ1n) is 17.0. The van der Waals surface area contributed by atoms with Crippen LogP contribution in [0.5, 0.6) is 0 Å². The Kier molecular flexibility index (Phi) is 8.25. The third-order valence-electron chi connectivity index (χ3n) is 11.0. The fraction of sp³-hybridized carbons (Fsp3) is 0.758. The van der Waals surface area contributed by atoms with Crippen LogP contribution >= 0.6 is 0 Å². The fourth-order valence-corrected chi connectivity index (χ4v) is 23.1. The molecular weight excluding hydrogens is 605 g/mol. The van der Waals surface area contributed by atoms with Crippen molar-refractivity contribution in [2.45, 2.75) is 104 Å². The average Bonchev–Trinajstić information content (AvgIpc) is 3.72. The maximum absolute atomic E-state index is 13.8. The third-order valence-corrected chi connectivity index (χ3v) is 21.2. The predicted octanol–water partition coefficient (Wildman–Crippen LogP) is 6.04. The van der Waals surface area contributed by atoms with E-state index in [1.165, 1.54) is 20.9 Å². The molecule has 6 rings (SSSR count). The van der Waals surface area contributed by atoms with Crippen molar-refractivity contribution in [2.75, 3.05) is 6.67 Å². The Labute approximate surface area is 266 Å². The minimum Gasteiger partial charge on any atom is -0.437 e. The quantitative estimate of drug-likeness (QED) is 0.136. The molecule has 0 N–H and O–H groups in total. The molecule has 44 heavy (non-hydrogen) atoms. The topological polar surface area (TPSA) is 93.2 Å². The molecule has 2 saturated carbocycles. The molecule has 2 saturated heterocycles. The second kappa shape index (κ2) is 11.2. The molecule has 6 aliphatic rings. The lowest BCUT2D eigenvalue weighted by Crippen LogP contribution is -2.51. The van der Waals surface area contributed by atoms with E-state index >= 15 is 0 Å². The lowest BCUT2D eigenvalue weighted by atomic mass is 9.80. The molecule has 8 atom stereocenters. The summed E-state index contributed by atoms with van der Waals surface area (Å²) in [6.45, 7) is 17.5. The summed E-state index contributed by atoms with van der Waals surface area (Å²) in [6, 6.07) is 1.03. The van der Waals surface area contributed by atoms with Crippen molar-refractivity contribution in [3.05, 3.63) is 23.3 Å². The summed E-state index contributed by atoms with van der Waals surface area (Å²) in [5, 5.41) is 0. The van der Waals surface area contributed by atoms with Gasteiger partial charge in [-0.25, -0.2) is 0 Å². The number of hydrogen-bond acceptors (Lipinski definition) is 6. The van der Waals surface area contributed by atoms with Crippen LogP contribution < -0.4 is 0 Å². The first kappa shape index (κ1) is 32.3. The zero-order valence-electron chi connectivity index (χ0n) is 28.0. The number of amides is 4. The van der Waals surface area contributed by atoms with Gasteiger partial charge in [-0.15, -0.1) is 0 Å². The van der Waals surface area contributed by atoms with Crippen LogP contribution in [0.3, 0.4) is 0 Å². The molecule has 0 aromatic carbocycles. The molecule has 2 heterocycles. The number of imide groups is 2. The molecule has 0 spiro atoms. The van der Waals surface area contributed by atoms with Crippen LogP contribution in [0.4, 0.5) is 0 Å². The Bertz CT molecular complexity index is 1320. The monoisotopic (exact) mass is 656 g/mol. The molecule has 4 amide bonds. The van der Waals surface area contributed by atoms with Crippen molar-refractivity contribution in [3.8, 4) is 0 Å². The maximum Gasteiger partial charge on any atom is 0.311 e. The Balaban J connectivity index is 1.06. The van der Waals surface area contributed by atoms with Crippen LogP contribution in [0.25, 0.3) is 0 Å². The van der Waals surface area contributed by atoms with E-state index in [4.69, 9.17) is 8.23 Å². The maximum atomic E-state index is 13.8. The molecule has 0 aromatic heterocycles. The number of allylic oxidation sites excluding steroid dienone is 4. The van der Waals surface area contributed by atoms with E-state index in [2.05, 4.69) is 64.9 Å². The fourth-order valence-electron chi connectivity index (χ4n) is 9.90. The van der Waals surface area contributed by atoms with E-state index in [-0.39, 0.29) is 77.6 Å². The van der Waals surface area contributed by atoms with Crippen molar-refractivity contribution in [1.82, 2.24) is 9.80 Å². The number of carbonyl (C=O) groups is 4. The summed E-state index contributed by atoms with van der Waals surface area (Å²) in [6.07, 6.45) is 11.4. The zero-order chi connectivity index (χ0) is 31.9. The van der Waals surface area contributed by atoms with Gasteiger partial charge in [0.05, 0.1) is 23.7 Å². The molecule has 2 aliphatic heterocycles. The molecule has 4 fully saturated rings. The lowest BCUT2D eigenvalue weighted by Gasteiger charge is -2.37. The normalized spacial score (nSPS) is 34.5. The van der Waals surface area contributed by atoms with Crippen molar-refractivity contribution in [2.24, 2.45) is 47.3 Å². The molecule has 4 bridgehead atoms. The van der Waals surface area contributed by atoms with Gasteiger partial charge in [-0.05, 0) is 114 Å². The highest BCUT2D eigenvalue weighted by Crippen LogP contribution is 2.58. The molecule has 8 nitrogen and oxygen atoms in total. The van der Waals surface area contributed by atoms with Crippen molar-refractivity contribution < 1.29 is 27.4 Å². The minimum absolute atomic E-state index is 0.0740. The number of hydrogen-bond donors (Lipinski definition) is 0. The van der Waals surface area contributed by atoms with Gasteiger partial charge in [0.1, 0.15) is 6.67 Å². The van der Waals surface area contributed by atoms with E-state index in [0.717, 1.165) is 51.0 Å². The summed E-state index contributed by atoms with van der Waals surface area (Å²) in [5.41, 5.74) is 2.64. The SMILES string of the molecule is CCCCC1=CC2CC1C1C(=O)N(CN3C(=O)C4C5C=C(CCC[Si](C)(C)O[Si](C)(C)O[Si](C)(C)C)C(C5)C4C3=O)C(=O)C21. The van der Waals surface area contributed by atoms with Crippen molar-refractivity contribution >= 4 is 48.8 Å². The number of likely N-dealkylation sites (tertiary alicyclic amines) is 2. The molecule has 242 valence electrons. The van der Waals surface area contributed by atoms with Gasteiger partial charge in [0.15, 0.2) is 16.6 Å². The minimum atomic E-state index is -2.19. The lowest BCUT2D eigenvalue weighted by molar-refractivity contribution is -0.149. The predicted molar refractivity (Wildman–Crippen MR) is 176 cm³/mol. The summed E-state index contributed by atoms with van der Waals surface area (Å²) in [7, 11) is -5.79. The summed E-state index contributed by atoms with van der Waals surface area (Å²) < 4.78 is 13.1. The van der Waals surface area contributed by atoms with E-state index in [0.29, 0.717) is 0 Å². The van der Waals surface area contributed by atoms with Crippen molar-refractivity contribution in [1.29, 1.82) is 0 Å². The molecule has 0 aromatic rings. The van der Waals surface area contributed by atoms with Crippen LogP contribution in [0.1, 0.15) is 51.9 Å². The molecule has 8 unspecified atom stereocenters. The largest absolute Gasteiger partial charge is 0.437 e. The van der Waals surface area contributed by atoms with E-state index in [9.17, 15) is 19.2 Å². The van der Waals surface area contributed by atoms with Crippen LogP contribution in [0.2, 0.25) is 51.9 Å². The van der Waals surface area contributed by atoms with Gasteiger partial charge in [-0.1, -0.05) is 36.6 Å². The Morgan fingerprint density at radius 1 is 0.682 bits per heavy atom. The highest BCUT2D eigenvalue weighted by Gasteiger charge is 2.64. The summed E-state index contributed by atoms with van der Waals surface area (Å²) in [4.78, 5) is 57.0. The average molecular weight is 657 g/mol. The summed E-state index contributed by atoms with van der Waals surface area (Å²) >= 11 is 0. The second-order valence-corrected chi connectivity index (χ2v) is 29.1. The molecule has 11 heteroatoms. The Hall–Kier alpha value is -1.67. The first-order chi connectivity index (χ1) is 20.5. The van der Waals surface area contributed by atoms with Gasteiger partial charge < -0.3 is 8.23 Å². The standard InChI is InChI=1S/C33H52N2O6Si3/c1-9-10-12-20-15-22-17-24(20)28-26(22)30(36)34(32(28)38)19-35-31(37)27-23-16-21(25(18-23)29(27)33(35)39)13-11-14-43(5,6)41-44(7,8)40-42(2,3)4/h15-16,22-29H,9-14,17-19H2,1-8H3. The number of carbonyl (C=O) groups excluding carboxylic acids is 4. The van der Waals surface area contributed by atoms with Gasteiger partial charge in [-0.2, -0.15) is 0 Å². The highest BCUT2D eigenvalue weighted by molar-refractivity contribution is 6.87. The third kappa shape index (κ3) is 5.62. The van der Waals surface area contributed by atoms with E-state index in [1.807, 2.05) is 0 Å². The van der Waals surface area contributed by atoms with Gasteiger partial charge in [0.25, 0.3) is 0 Å². The van der Waals surface area contributed by atoms with Gasteiger partial charge in [0, 0.05) is 0 Å². The highest BCUT2D eigenvalue weighted by atomic mass is 28.5. The van der Waals surface area contributed by atoms with Crippen LogP contribution in [-0.2, 0) is 27.4 Å². The zero-order valence-corrected chi connectivity index (χ0v) is 31.0. The molecule has 4 aliphatic carbocycles. The van der Waals surface area contributed by atoms with Crippen LogP contribution in [-0.4, -0.2) is 65.3 Å². The Morgan fingerprint density at radius 2 is 1.14 bits per heavy atom. The van der Waals surface area contributed by atoms with Gasteiger partial charge in [-0.3, -0.25) is 29.0 Å². The first-order valence-corrected chi connectivity index (χ1v) is 26.4. The van der Waals surface area contributed by atoms with Crippen molar-refractivity contribution in [3.63, 3.8) is 0 Å². The van der Waals surface area contributed by atoms with E-state index in [1.54, 1.807) is 0 Å². The number of nitrogens with zero attached hydrogens (tertiary/aromatic N) is 2. The summed E-state index contributed by atoms with van der Waals surface area (Å²) in [5.74, 6) is -1.65.